The average molecular weight is 423 g/mol. The first-order valence-electron chi connectivity index (χ1n) is 7.99. The van der Waals surface area contributed by atoms with Gasteiger partial charge in [0.05, 0.1) is 22.0 Å². The molecule has 29 heavy (non-hydrogen) atoms. The summed E-state index contributed by atoms with van der Waals surface area (Å²) in [6, 6.07) is 11.1. The van der Waals surface area contributed by atoms with Gasteiger partial charge in [-0.1, -0.05) is 23.4 Å². The van der Waals surface area contributed by atoms with E-state index in [1.54, 1.807) is 6.07 Å². The van der Waals surface area contributed by atoms with Crippen LogP contribution in [0, 0.1) is 17.0 Å². The fourth-order valence-corrected chi connectivity index (χ4v) is 3.11. The highest BCUT2D eigenvalue weighted by molar-refractivity contribution is 8.00. The molecule has 0 atom stereocenters. The number of anilines is 1. The van der Waals surface area contributed by atoms with Gasteiger partial charge < -0.3 is 5.32 Å². The molecule has 0 aliphatic rings. The second-order valence-electron chi connectivity index (χ2n) is 5.71. The lowest BCUT2D eigenvalue weighted by Crippen LogP contribution is -2.15. The summed E-state index contributed by atoms with van der Waals surface area (Å²) in [5.41, 5.74) is -4.24. The summed E-state index contributed by atoms with van der Waals surface area (Å²) in [7, 11) is 0. The number of nitrogens with one attached hydrogen (secondary N) is 1. The molecular formula is C17H12F3N5O3S. The van der Waals surface area contributed by atoms with Crippen LogP contribution >= 0.6 is 11.8 Å². The zero-order valence-electron chi connectivity index (χ0n) is 14.7. The molecule has 0 aliphatic carbocycles. The summed E-state index contributed by atoms with van der Waals surface area (Å²) in [6.07, 6.45) is 0. The zero-order valence-corrected chi connectivity index (χ0v) is 15.5. The normalized spacial score (nSPS) is 11.3. The molecule has 0 fully saturated rings. The number of rotatable bonds is 5. The number of hydrogen-bond acceptors (Lipinski definition) is 6. The number of thioether (sulfide) groups is 1. The van der Waals surface area contributed by atoms with Crippen LogP contribution in [0.15, 0.2) is 53.4 Å². The van der Waals surface area contributed by atoms with Crippen molar-refractivity contribution >= 4 is 29.0 Å². The lowest BCUT2D eigenvalue weighted by atomic mass is 10.2. The Bertz CT molecular complexity index is 1080. The van der Waals surface area contributed by atoms with Crippen LogP contribution in [-0.4, -0.2) is 31.3 Å². The van der Waals surface area contributed by atoms with Crippen molar-refractivity contribution in [3.05, 3.63) is 70.0 Å². The molecular weight excluding hydrogens is 411 g/mol. The Morgan fingerprint density at radius 2 is 1.93 bits per heavy atom. The summed E-state index contributed by atoms with van der Waals surface area (Å²) in [4.78, 5) is 22.7. The number of aromatic nitrogens is 3. The number of nitro benzene ring substituents is 1. The van der Waals surface area contributed by atoms with Crippen LogP contribution in [0.3, 0.4) is 0 Å². The first-order chi connectivity index (χ1) is 13.7. The SMILES string of the molecule is Cc1c(C(=O)Nc2ccccc2SC(F)(F)F)nnn1-c1cccc([N+](=O)[O-])c1. The Morgan fingerprint density at radius 3 is 2.62 bits per heavy atom. The Labute approximate surface area is 165 Å². The van der Waals surface area contributed by atoms with Crippen molar-refractivity contribution in [2.75, 3.05) is 5.32 Å². The van der Waals surface area contributed by atoms with Crippen molar-refractivity contribution in [3.8, 4) is 5.69 Å². The Hall–Kier alpha value is -3.41. The Morgan fingerprint density at radius 1 is 1.21 bits per heavy atom. The van der Waals surface area contributed by atoms with Crippen molar-refractivity contribution in [1.82, 2.24) is 15.0 Å². The van der Waals surface area contributed by atoms with Crippen molar-refractivity contribution < 1.29 is 22.9 Å². The number of carbonyl (C=O) groups is 1. The standard InChI is InChI=1S/C17H12F3N5O3S/c1-10-15(22-23-24(10)11-5-4-6-12(9-11)25(27)28)16(26)21-13-7-2-3-8-14(13)29-17(18,19)20/h2-9H,1H3,(H,21,26). The van der Waals surface area contributed by atoms with E-state index in [0.717, 1.165) is 0 Å². The highest BCUT2D eigenvalue weighted by Gasteiger charge is 2.31. The molecule has 0 aliphatic heterocycles. The monoisotopic (exact) mass is 423 g/mol. The van der Waals surface area contributed by atoms with Gasteiger partial charge in [0.15, 0.2) is 5.69 Å². The first-order valence-corrected chi connectivity index (χ1v) is 8.80. The number of benzene rings is 2. The zero-order chi connectivity index (χ0) is 21.2. The fourth-order valence-electron chi connectivity index (χ4n) is 2.49. The van der Waals surface area contributed by atoms with E-state index in [2.05, 4.69) is 15.6 Å². The summed E-state index contributed by atoms with van der Waals surface area (Å²) < 4.78 is 39.3. The van der Waals surface area contributed by atoms with Crippen LogP contribution in [0.25, 0.3) is 5.69 Å². The second-order valence-corrected chi connectivity index (χ2v) is 6.82. The smallest absolute Gasteiger partial charge is 0.319 e. The van der Waals surface area contributed by atoms with Crippen LogP contribution in [0.4, 0.5) is 24.5 Å². The highest BCUT2D eigenvalue weighted by Crippen LogP contribution is 2.40. The van der Waals surface area contributed by atoms with Gasteiger partial charge in [-0.2, -0.15) is 13.2 Å². The van der Waals surface area contributed by atoms with E-state index >= 15 is 0 Å². The van der Waals surface area contributed by atoms with Crippen molar-refractivity contribution in [2.45, 2.75) is 17.3 Å². The number of amides is 1. The highest BCUT2D eigenvalue weighted by atomic mass is 32.2. The molecule has 3 rings (SSSR count). The minimum atomic E-state index is -4.51. The average Bonchev–Trinajstić information content (AvgIpc) is 3.04. The lowest BCUT2D eigenvalue weighted by molar-refractivity contribution is -0.384. The third-order valence-electron chi connectivity index (χ3n) is 3.76. The number of non-ortho nitro benzene ring substituents is 1. The van der Waals surface area contributed by atoms with Crippen molar-refractivity contribution in [3.63, 3.8) is 0 Å². The lowest BCUT2D eigenvalue weighted by Gasteiger charge is -2.11. The molecule has 0 saturated heterocycles. The molecule has 8 nitrogen and oxygen atoms in total. The van der Waals surface area contributed by atoms with Gasteiger partial charge in [0.1, 0.15) is 0 Å². The molecule has 1 heterocycles. The predicted octanol–water partition coefficient (Wildman–Crippen LogP) is 4.35. The first kappa shape index (κ1) is 20.3. The molecule has 3 aromatic rings. The summed E-state index contributed by atoms with van der Waals surface area (Å²) in [6.45, 7) is 1.52. The molecule has 0 spiro atoms. The van der Waals surface area contributed by atoms with Crippen LogP contribution < -0.4 is 5.32 Å². The van der Waals surface area contributed by atoms with Crippen molar-refractivity contribution in [2.24, 2.45) is 0 Å². The Balaban J connectivity index is 1.88. The minimum Gasteiger partial charge on any atom is -0.319 e. The number of para-hydroxylation sites is 1. The fraction of sp³-hybridized carbons (Fsp3) is 0.118. The molecule has 2 aromatic carbocycles. The van der Waals surface area contributed by atoms with Crippen LogP contribution in [0.1, 0.15) is 16.2 Å². The molecule has 1 N–H and O–H groups in total. The number of nitro groups is 1. The maximum Gasteiger partial charge on any atom is 0.446 e. The summed E-state index contributed by atoms with van der Waals surface area (Å²) >= 11 is -0.345. The van der Waals surface area contributed by atoms with E-state index in [1.807, 2.05) is 0 Å². The van der Waals surface area contributed by atoms with Gasteiger partial charge in [0.25, 0.3) is 11.6 Å². The topological polar surface area (TPSA) is 103 Å². The van der Waals surface area contributed by atoms with Gasteiger partial charge >= 0.3 is 5.51 Å². The minimum absolute atomic E-state index is 0.0240. The largest absolute Gasteiger partial charge is 0.446 e. The van der Waals surface area contributed by atoms with E-state index in [9.17, 15) is 28.1 Å². The molecule has 1 aromatic heterocycles. The maximum atomic E-state index is 12.7. The van der Waals surface area contributed by atoms with Gasteiger partial charge in [0.2, 0.25) is 0 Å². The molecule has 0 saturated carbocycles. The number of carbonyl (C=O) groups excluding carboxylic acids is 1. The molecule has 0 bridgehead atoms. The summed E-state index contributed by atoms with van der Waals surface area (Å²) in [5.74, 6) is -0.755. The van der Waals surface area contributed by atoms with E-state index in [-0.39, 0.29) is 39.4 Å². The number of hydrogen-bond donors (Lipinski definition) is 1. The van der Waals surface area contributed by atoms with E-state index in [0.29, 0.717) is 5.69 Å². The quantitative estimate of drug-likeness (QED) is 0.372. The number of halogens is 3. The van der Waals surface area contributed by atoms with Gasteiger partial charge in [-0.05, 0) is 36.9 Å². The maximum absolute atomic E-state index is 12.7. The molecule has 0 unspecified atom stereocenters. The van der Waals surface area contributed by atoms with Crippen LogP contribution in [-0.2, 0) is 0 Å². The number of alkyl halides is 3. The third-order valence-corrected chi connectivity index (χ3v) is 4.56. The summed E-state index contributed by atoms with van der Waals surface area (Å²) in [5, 5.41) is 20.9. The molecule has 0 radical (unpaired) electrons. The third kappa shape index (κ3) is 4.71. The van der Waals surface area contributed by atoms with Gasteiger partial charge in [-0.15, -0.1) is 5.10 Å². The van der Waals surface area contributed by atoms with E-state index < -0.39 is 16.3 Å². The molecule has 12 heteroatoms. The Kier molecular flexibility index (Phi) is 5.55. The van der Waals surface area contributed by atoms with Gasteiger partial charge in [-0.3, -0.25) is 14.9 Å². The molecule has 1 amide bonds. The second kappa shape index (κ2) is 7.91. The van der Waals surface area contributed by atoms with Crippen molar-refractivity contribution in [1.29, 1.82) is 0 Å². The van der Waals surface area contributed by atoms with Gasteiger partial charge in [-0.25, -0.2) is 4.68 Å². The number of nitrogens with zero attached hydrogens (tertiary/aromatic N) is 4. The molecule has 150 valence electrons. The van der Waals surface area contributed by atoms with Crippen LogP contribution in [0.5, 0.6) is 0 Å². The van der Waals surface area contributed by atoms with Gasteiger partial charge in [0, 0.05) is 17.0 Å². The predicted molar refractivity (Wildman–Crippen MR) is 99.1 cm³/mol. The van der Waals surface area contributed by atoms with E-state index in [1.165, 1.54) is 54.1 Å². The van der Waals surface area contributed by atoms with E-state index in [4.69, 9.17) is 0 Å². The van der Waals surface area contributed by atoms with Crippen LogP contribution in [0.2, 0.25) is 0 Å².